The summed E-state index contributed by atoms with van der Waals surface area (Å²) in [6.45, 7) is 0.142. The van der Waals surface area contributed by atoms with E-state index in [0.717, 1.165) is 4.90 Å². The Bertz CT molecular complexity index is 842. The van der Waals surface area contributed by atoms with Crippen LogP contribution in [-0.2, 0) is 23.2 Å². The molecule has 3 rings (SSSR count). The maximum Gasteiger partial charge on any atom is 0.431 e. The standard InChI is InChI=1S/C15H15FN4O4/c1-18(8-12-15(23)24-17-19(12)2)11-7-13(21)20(14(11)22)10-5-3-9(16)4-6-10/h3-6,11H,7-8H2,1-2H3/p+1. The van der Waals surface area contributed by atoms with Gasteiger partial charge in [-0.15, -0.1) is 0 Å². The van der Waals surface area contributed by atoms with E-state index in [1.54, 1.807) is 19.0 Å². The van der Waals surface area contributed by atoms with Crippen LogP contribution in [0.25, 0.3) is 0 Å². The Labute approximate surface area is 136 Å². The third-order valence-electron chi connectivity index (χ3n) is 4.05. The van der Waals surface area contributed by atoms with Crippen molar-refractivity contribution in [1.29, 1.82) is 0 Å². The molecule has 2 amide bonds. The SMILES string of the molecule is CN(Cc1c(=O)o[nH][n+]1C)C1CC(=O)N(c2ccc(F)cc2)C1=O. The molecule has 0 radical (unpaired) electrons. The second-order valence-corrected chi connectivity index (χ2v) is 5.67. The zero-order valence-electron chi connectivity index (χ0n) is 13.2. The van der Waals surface area contributed by atoms with E-state index in [-0.39, 0.29) is 18.9 Å². The molecule has 0 aliphatic carbocycles. The number of imide groups is 1. The number of carbonyl (C=O) groups excluding carboxylic acids is 2. The van der Waals surface area contributed by atoms with Crippen molar-refractivity contribution < 1.29 is 23.2 Å². The van der Waals surface area contributed by atoms with Gasteiger partial charge in [0.1, 0.15) is 5.82 Å². The summed E-state index contributed by atoms with van der Waals surface area (Å²) in [7, 11) is 3.26. The molecule has 1 aromatic carbocycles. The monoisotopic (exact) mass is 335 g/mol. The van der Waals surface area contributed by atoms with Crippen LogP contribution in [0.15, 0.2) is 33.6 Å². The molecule has 1 fully saturated rings. The molecule has 2 aromatic rings. The highest BCUT2D eigenvalue weighted by Gasteiger charge is 2.42. The highest BCUT2D eigenvalue weighted by atomic mass is 19.1. The number of aromatic nitrogens is 2. The van der Waals surface area contributed by atoms with Crippen LogP contribution in [0.2, 0.25) is 0 Å². The number of amides is 2. The van der Waals surface area contributed by atoms with Crippen LogP contribution in [-0.4, -0.2) is 35.1 Å². The van der Waals surface area contributed by atoms with Crippen molar-refractivity contribution in [2.45, 2.75) is 19.0 Å². The molecule has 1 atom stereocenters. The normalized spacial score (nSPS) is 18.0. The number of likely N-dealkylation sites (N-methyl/N-ethyl adjacent to an activating group) is 1. The van der Waals surface area contributed by atoms with Crippen molar-refractivity contribution in [2.75, 3.05) is 11.9 Å². The Hall–Kier alpha value is -2.81. The van der Waals surface area contributed by atoms with Gasteiger partial charge in [-0.1, -0.05) is 4.68 Å². The van der Waals surface area contributed by atoms with Gasteiger partial charge in [0.15, 0.2) is 7.05 Å². The fourth-order valence-electron chi connectivity index (χ4n) is 2.70. The average molecular weight is 335 g/mol. The number of hydrogen-bond donors (Lipinski definition) is 1. The number of carbonyl (C=O) groups is 2. The summed E-state index contributed by atoms with van der Waals surface area (Å²) in [5, 5.41) is 2.40. The van der Waals surface area contributed by atoms with Gasteiger partial charge in [0.05, 0.1) is 24.7 Å². The molecule has 2 heterocycles. The number of rotatable bonds is 4. The Morgan fingerprint density at radius 2 is 2.00 bits per heavy atom. The maximum atomic E-state index is 13.0. The van der Waals surface area contributed by atoms with Gasteiger partial charge < -0.3 is 0 Å². The summed E-state index contributed by atoms with van der Waals surface area (Å²) in [5.41, 5.74) is 0.128. The lowest BCUT2D eigenvalue weighted by Crippen LogP contribution is -2.44. The fourth-order valence-corrected chi connectivity index (χ4v) is 2.70. The van der Waals surface area contributed by atoms with Crippen LogP contribution in [0.4, 0.5) is 10.1 Å². The first kappa shape index (κ1) is 16.1. The Balaban J connectivity index is 1.80. The first-order valence-corrected chi connectivity index (χ1v) is 7.27. The molecule has 0 bridgehead atoms. The second-order valence-electron chi connectivity index (χ2n) is 5.67. The molecule has 9 heteroatoms. The lowest BCUT2D eigenvalue weighted by Gasteiger charge is -2.20. The predicted octanol–water partition coefficient (Wildman–Crippen LogP) is -0.305. The first-order valence-electron chi connectivity index (χ1n) is 7.27. The minimum Gasteiger partial charge on any atom is -0.284 e. The molecule has 1 aliphatic heterocycles. The van der Waals surface area contributed by atoms with Crippen LogP contribution in [0, 0.1) is 5.82 Å². The lowest BCUT2D eigenvalue weighted by atomic mass is 10.2. The van der Waals surface area contributed by atoms with Crippen molar-refractivity contribution in [2.24, 2.45) is 7.05 Å². The number of aromatic amines is 1. The second kappa shape index (κ2) is 6.00. The summed E-state index contributed by atoms with van der Waals surface area (Å²) >= 11 is 0. The topological polar surface area (TPSA) is 90.5 Å². The van der Waals surface area contributed by atoms with Crippen LogP contribution in [0.3, 0.4) is 0 Å². The highest BCUT2D eigenvalue weighted by Crippen LogP contribution is 2.25. The van der Waals surface area contributed by atoms with E-state index in [4.69, 9.17) is 0 Å². The number of anilines is 1. The van der Waals surface area contributed by atoms with Gasteiger partial charge in [-0.05, 0) is 36.6 Å². The van der Waals surface area contributed by atoms with E-state index in [0.29, 0.717) is 11.4 Å². The molecule has 1 unspecified atom stereocenters. The number of aryl methyl sites for hydroxylation is 1. The third-order valence-corrected chi connectivity index (χ3v) is 4.05. The Morgan fingerprint density at radius 1 is 1.33 bits per heavy atom. The number of benzene rings is 1. The number of nitrogens with one attached hydrogen (secondary N) is 1. The van der Waals surface area contributed by atoms with Gasteiger partial charge in [0, 0.05) is 0 Å². The van der Waals surface area contributed by atoms with E-state index in [1.165, 1.54) is 28.9 Å². The van der Waals surface area contributed by atoms with Crippen molar-refractivity contribution >= 4 is 17.5 Å². The molecule has 1 saturated heterocycles. The van der Waals surface area contributed by atoms with Gasteiger partial charge in [-0.25, -0.2) is 14.1 Å². The van der Waals surface area contributed by atoms with E-state index in [1.807, 2.05) is 0 Å². The molecule has 1 N–H and O–H groups in total. The molecule has 126 valence electrons. The maximum absolute atomic E-state index is 13.0. The molecular formula is C15H16FN4O4+. The number of hydrogen-bond acceptors (Lipinski definition) is 5. The lowest BCUT2D eigenvalue weighted by molar-refractivity contribution is -0.746. The molecule has 24 heavy (non-hydrogen) atoms. The minimum absolute atomic E-state index is 0.00776. The predicted molar refractivity (Wildman–Crippen MR) is 79.3 cm³/mol. The zero-order valence-corrected chi connectivity index (χ0v) is 13.2. The van der Waals surface area contributed by atoms with Gasteiger partial charge in [0.25, 0.3) is 5.91 Å². The summed E-state index contributed by atoms with van der Waals surface area (Å²) in [5.74, 6) is -1.22. The molecule has 0 saturated carbocycles. The zero-order chi connectivity index (χ0) is 17.4. The largest absolute Gasteiger partial charge is 0.431 e. The average Bonchev–Trinajstić information content (AvgIpc) is 3.02. The quantitative estimate of drug-likeness (QED) is 0.612. The number of nitrogens with zero attached hydrogens (tertiary/aromatic N) is 3. The van der Waals surface area contributed by atoms with E-state index < -0.39 is 23.4 Å². The summed E-state index contributed by atoms with van der Waals surface area (Å²) < 4.78 is 19.1. The number of halogens is 1. The minimum atomic E-state index is -0.697. The molecule has 0 spiro atoms. The Kier molecular flexibility index (Phi) is 4.02. The summed E-state index contributed by atoms with van der Waals surface area (Å²) in [6.07, 6.45) is -0.00776. The molecule has 8 nitrogen and oxygen atoms in total. The van der Waals surface area contributed by atoms with Gasteiger partial charge >= 0.3 is 11.3 Å². The van der Waals surface area contributed by atoms with Gasteiger partial charge in [-0.2, -0.15) is 0 Å². The third kappa shape index (κ3) is 2.73. The van der Waals surface area contributed by atoms with E-state index in [9.17, 15) is 18.8 Å². The van der Waals surface area contributed by atoms with Crippen molar-refractivity contribution in [1.82, 2.24) is 10.2 Å². The van der Waals surface area contributed by atoms with Crippen LogP contribution >= 0.6 is 0 Å². The molecule has 1 aromatic heterocycles. The smallest absolute Gasteiger partial charge is 0.284 e. The van der Waals surface area contributed by atoms with Gasteiger partial charge in [-0.3, -0.25) is 19.0 Å². The van der Waals surface area contributed by atoms with Crippen LogP contribution in [0.5, 0.6) is 0 Å². The fraction of sp³-hybridized carbons (Fsp3) is 0.333. The van der Waals surface area contributed by atoms with Crippen molar-refractivity contribution in [3.8, 4) is 0 Å². The van der Waals surface area contributed by atoms with Gasteiger partial charge in [0.2, 0.25) is 5.91 Å². The summed E-state index contributed by atoms with van der Waals surface area (Å²) in [6, 6.07) is 4.45. The van der Waals surface area contributed by atoms with Crippen molar-refractivity contribution in [3.05, 3.63) is 46.2 Å². The van der Waals surface area contributed by atoms with Crippen molar-refractivity contribution in [3.63, 3.8) is 0 Å². The Morgan fingerprint density at radius 3 is 2.58 bits per heavy atom. The van der Waals surface area contributed by atoms with E-state index in [2.05, 4.69) is 9.79 Å². The first-order chi connectivity index (χ1) is 11.4. The summed E-state index contributed by atoms with van der Waals surface area (Å²) in [4.78, 5) is 39.1. The molecular weight excluding hydrogens is 319 g/mol. The molecule has 1 aliphatic rings. The number of H-pyrrole nitrogens is 1. The highest BCUT2D eigenvalue weighted by molar-refractivity contribution is 6.22. The van der Waals surface area contributed by atoms with Crippen LogP contribution in [0.1, 0.15) is 12.1 Å². The van der Waals surface area contributed by atoms with Crippen LogP contribution < -0.4 is 15.2 Å². The van der Waals surface area contributed by atoms with E-state index >= 15 is 0 Å².